The number of rotatable bonds is 9. The Morgan fingerprint density at radius 1 is 1.07 bits per heavy atom. The molecule has 0 saturated heterocycles. The lowest BCUT2D eigenvalue weighted by Crippen LogP contribution is -2.06. The monoisotopic (exact) mass is 407 g/mol. The maximum Gasteiger partial charge on any atom is 0.244 e. The molecule has 3 aromatic heterocycles. The quantitative estimate of drug-likeness (QED) is 0.281. The molecule has 0 radical (unpaired) electrons. The lowest BCUT2D eigenvalue weighted by molar-refractivity contribution is 0.172. The number of pyridine rings is 1. The maximum absolute atomic E-state index is 5.72. The number of aryl methyl sites for hydroxylation is 1. The topological polar surface area (TPSA) is 97.1 Å². The van der Waals surface area contributed by atoms with Gasteiger partial charge in [0.05, 0.1) is 24.2 Å². The van der Waals surface area contributed by atoms with E-state index in [-0.39, 0.29) is 0 Å². The van der Waals surface area contributed by atoms with Crippen LogP contribution in [0.4, 0.5) is 5.69 Å². The minimum atomic E-state index is 0.590. The van der Waals surface area contributed by atoms with Crippen LogP contribution in [0.15, 0.2) is 42.6 Å². The van der Waals surface area contributed by atoms with E-state index in [9.17, 15) is 0 Å². The van der Waals surface area contributed by atoms with E-state index in [2.05, 4.69) is 31.7 Å². The normalized spacial score (nSPS) is 11.0. The number of benzene rings is 1. The average Bonchev–Trinajstić information content (AvgIpc) is 3.33. The van der Waals surface area contributed by atoms with Crippen molar-refractivity contribution in [1.82, 2.24) is 20.2 Å². The Kier molecular flexibility index (Phi) is 5.85. The summed E-state index contributed by atoms with van der Waals surface area (Å²) in [5, 5.41) is 7.96. The number of ether oxygens (including phenoxy) is 2. The number of aromatic amines is 2. The smallest absolute Gasteiger partial charge is 0.244 e. The molecule has 0 aliphatic carbocycles. The second-order valence-electron chi connectivity index (χ2n) is 7.03. The van der Waals surface area contributed by atoms with E-state index in [0.29, 0.717) is 19.1 Å². The van der Waals surface area contributed by atoms with Crippen LogP contribution in [-0.2, 0) is 4.74 Å². The van der Waals surface area contributed by atoms with E-state index in [0.717, 1.165) is 51.4 Å². The Morgan fingerprint density at radius 2 is 1.90 bits per heavy atom. The molecule has 0 amide bonds. The molecule has 0 aliphatic rings. The van der Waals surface area contributed by atoms with Gasteiger partial charge in [-0.2, -0.15) is 5.10 Å². The number of fused-ring (bicyclic) bond motifs is 1. The van der Waals surface area contributed by atoms with Crippen molar-refractivity contribution in [2.24, 2.45) is 0 Å². The first kappa shape index (κ1) is 19.8. The first-order valence-electron chi connectivity index (χ1n) is 9.79. The van der Waals surface area contributed by atoms with Crippen LogP contribution >= 0.6 is 0 Å². The minimum Gasteiger partial charge on any atom is -0.494 e. The Labute approximate surface area is 174 Å². The Balaban J connectivity index is 1.43. The van der Waals surface area contributed by atoms with Crippen LogP contribution in [0.1, 0.15) is 17.7 Å². The summed E-state index contributed by atoms with van der Waals surface area (Å²) in [4.78, 5) is 13.4. The molecule has 4 aromatic rings. The molecular weight excluding hydrogens is 382 g/mol. The van der Waals surface area contributed by atoms with Crippen LogP contribution in [0, 0.1) is 13.8 Å². The molecule has 3 heterocycles. The van der Waals surface area contributed by atoms with Gasteiger partial charge >= 0.3 is 0 Å². The number of nitrogens with one attached hydrogen (secondary N) is 3. The highest BCUT2D eigenvalue weighted by molar-refractivity contribution is 5.85. The lowest BCUT2D eigenvalue weighted by atomic mass is 10.1. The summed E-state index contributed by atoms with van der Waals surface area (Å²) in [6.45, 7) is 5.21. The van der Waals surface area contributed by atoms with E-state index in [4.69, 9.17) is 14.3 Å². The maximum atomic E-state index is 5.72. The summed E-state index contributed by atoms with van der Waals surface area (Å²) in [7, 11) is 1.69. The molecule has 4 rings (SSSR count). The van der Waals surface area contributed by atoms with Gasteiger partial charge in [0.1, 0.15) is 11.4 Å². The molecule has 3 N–H and O–H groups in total. The van der Waals surface area contributed by atoms with Crippen molar-refractivity contribution in [2.75, 3.05) is 25.8 Å². The van der Waals surface area contributed by atoms with Gasteiger partial charge in [0.25, 0.3) is 0 Å². The van der Waals surface area contributed by atoms with Crippen molar-refractivity contribution >= 4 is 16.7 Å². The molecule has 0 spiro atoms. The van der Waals surface area contributed by atoms with Crippen molar-refractivity contribution in [2.45, 2.75) is 20.3 Å². The van der Waals surface area contributed by atoms with Crippen molar-refractivity contribution < 1.29 is 14.3 Å². The van der Waals surface area contributed by atoms with Gasteiger partial charge in [-0.15, -0.1) is 0 Å². The molecule has 0 unspecified atom stereocenters. The number of nitrogens with zero attached hydrogens (tertiary/aromatic N) is 2. The number of H-pyrrole nitrogens is 2. The van der Waals surface area contributed by atoms with Crippen molar-refractivity contribution in [3.05, 3.63) is 53.9 Å². The highest BCUT2D eigenvalue weighted by Gasteiger charge is 2.09. The van der Waals surface area contributed by atoms with Gasteiger partial charge in [-0.3, -0.25) is 0 Å². The second-order valence-corrected chi connectivity index (χ2v) is 7.03. The van der Waals surface area contributed by atoms with Crippen LogP contribution < -0.4 is 15.1 Å². The van der Waals surface area contributed by atoms with Crippen LogP contribution in [0.2, 0.25) is 0 Å². The molecule has 156 valence electrons. The number of aromatic nitrogens is 4. The predicted octanol–water partition coefficient (Wildman–Crippen LogP) is 4.39. The molecule has 0 saturated carbocycles. The summed E-state index contributed by atoms with van der Waals surface area (Å²) >= 11 is 0. The highest BCUT2D eigenvalue weighted by Crippen LogP contribution is 2.27. The van der Waals surface area contributed by atoms with Gasteiger partial charge < -0.3 is 19.3 Å². The fourth-order valence-electron chi connectivity index (χ4n) is 3.03. The number of hydrogen-bond acceptors (Lipinski definition) is 6. The number of methoxy groups -OCH3 is 1. The van der Waals surface area contributed by atoms with Gasteiger partial charge in [0, 0.05) is 36.8 Å². The molecule has 0 aliphatic heterocycles. The molecule has 0 atom stereocenters. The van der Waals surface area contributed by atoms with E-state index >= 15 is 0 Å². The molecule has 8 nitrogen and oxygen atoms in total. The highest BCUT2D eigenvalue weighted by atomic mass is 16.7. The zero-order chi connectivity index (χ0) is 20.9. The fraction of sp³-hybridized carbons (Fsp3) is 0.273. The molecule has 8 heteroatoms. The zero-order valence-corrected chi connectivity index (χ0v) is 17.3. The second kappa shape index (κ2) is 8.87. The third-order valence-corrected chi connectivity index (χ3v) is 4.88. The molecular formula is C22H25N5O3. The third kappa shape index (κ3) is 4.38. The van der Waals surface area contributed by atoms with Crippen molar-refractivity contribution in [3.8, 4) is 22.9 Å². The largest absolute Gasteiger partial charge is 0.494 e. The van der Waals surface area contributed by atoms with Gasteiger partial charge in [-0.25, -0.2) is 15.6 Å². The first-order chi connectivity index (χ1) is 14.6. The Bertz CT molecular complexity index is 1120. The van der Waals surface area contributed by atoms with Gasteiger partial charge in [-0.1, -0.05) is 0 Å². The molecule has 0 fully saturated rings. The standard InChI is InChI=1S/C22H25N5O3/c1-14-15(2)25-26-22(14)30-27-18-11-17-12-20(24-21(17)23-13-18)16-5-7-19(8-6-16)29-10-4-9-28-3/h5-8,11-13,27H,4,9-10H2,1-3H3,(H,23,24)(H,25,26). The summed E-state index contributed by atoms with van der Waals surface area (Å²) in [5.41, 5.74) is 8.40. The van der Waals surface area contributed by atoms with Gasteiger partial charge in [-0.05, 0) is 55.8 Å². The van der Waals surface area contributed by atoms with Crippen LogP contribution in [0.5, 0.6) is 11.6 Å². The Morgan fingerprint density at radius 3 is 2.63 bits per heavy atom. The molecule has 30 heavy (non-hydrogen) atoms. The van der Waals surface area contributed by atoms with E-state index < -0.39 is 0 Å². The lowest BCUT2D eigenvalue weighted by Gasteiger charge is -2.06. The van der Waals surface area contributed by atoms with Gasteiger partial charge in [0.2, 0.25) is 5.88 Å². The summed E-state index contributed by atoms with van der Waals surface area (Å²) in [5.74, 6) is 1.43. The fourth-order valence-corrected chi connectivity index (χ4v) is 3.03. The van der Waals surface area contributed by atoms with Crippen LogP contribution in [-0.4, -0.2) is 40.5 Å². The van der Waals surface area contributed by atoms with Crippen molar-refractivity contribution in [1.29, 1.82) is 0 Å². The summed E-state index contributed by atoms with van der Waals surface area (Å²) in [6.07, 6.45) is 2.59. The molecule has 1 aromatic carbocycles. The van der Waals surface area contributed by atoms with Crippen molar-refractivity contribution in [3.63, 3.8) is 0 Å². The van der Waals surface area contributed by atoms with E-state index in [1.807, 2.05) is 44.2 Å². The first-order valence-corrected chi connectivity index (χ1v) is 9.79. The van der Waals surface area contributed by atoms with E-state index in [1.165, 1.54) is 0 Å². The average molecular weight is 407 g/mol. The number of hydrogen-bond donors (Lipinski definition) is 3. The van der Waals surface area contributed by atoms with Gasteiger partial charge in [0.15, 0.2) is 0 Å². The Hall–Kier alpha value is -3.52. The minimum absolute atomic E-state index is 0.590. The summed E-state index contributed by atoms with van der Waals surface area (Å²) < 4.78 is 10.7. The molecule has 0 bridgehead atoms. The van der Waals surface area contributed by atoms with E-state index in [1.54, 1.807) is 13.3 Å². The third-order valence-electron chi connectivity index (χ3n) is 4.88. The van der Waals surface area contributed by atoms with Crippen LogP contribution in [0.3, 0.4) is 0 Å². The summed E-state index contributed by atoms with van der Waals surface area (Å²) in [6, 6.07) is 12.0. The van der Waals surface area contributed by atoms with Crippen LogP contribution in [0.25, 0.3) is 22.3 Å². The predicted molar refractivity (Wildman–Crippen MR) is 116 cm³/mol. The zero-order valence-electron chi connectivity index (χ0n) is 17.3. The number of anilines is 1. The SMILES string of the molecule is COCCCOc1ccc(-c2cc3cc(NOc4[nH]nc(C)c4C)cnc3[nH]2)cc1.